The predicted molar refractivity (Wildman–Crippen MR) is 80.2 cm³/mol. The molecule has 0 bridgehead atoms. The van der Waals surface area contributed by atoms with E-state index in [1.54, 1.807) is 0 Å². The van der Waals surface area contributed by atoms with Gasteiger partial charge in [-0.1, -0.05) is 67.2 Å². The standard InChI is InChI=1S/C12H10.C3H4O5S/c1-3-7-11(8-4-1)12-9-5-2-6-10-12;1-2(3(4)5)9(6,7)8/h1-10H;1H2,(H,4,5)(H,6,7,8). The molecule has 110 valence electrons. The molecule has 0 amide bonds. The molecule has 2 N–H and O–H groups in total. The Hall–Kier alpha value is -2.44. The third-order valence-corrected chi connectivity index (χ3v) is 3.23. The van der Waals surface area contributed by atoms with Gasteiger partial charge in [-0.15, -0.1) is 0 Å². The summed E-state index contributed by atoms with van der Waals surface area (Å²) >= 11 is 0. The summed E-state index contributed by atoms with van der Waals surface area (Å²) in [6.45, 7) is 2.59. The lowest BCUT2D eigenvalue weighted by Gasteiger charge is -1.98. The lowest BCUT2D eigenvalue weighted by atomic mass is 10.1. The van der Waals surface area contributed by atoms with Gasteiger partial charge >= 0.3 is 16.1 Å². The second kappa shape index (κ2) is 7.37. The van der Waals surface area contributed by atoms with E-state index in [1.165, 1.54) is 11.1 Å². The molecule has 0 spiro atoms. The van der Waals surface area contributed by atoms with Gasteiger partial charge in [0.25, 0.3) is 0 Å². The minimum absolute atomic E-state index is 1.22. The summed E-state index contributed by atoms with van der Waals surface area (Å²) in [5, 5.41) is 7.88. The Morgan fingerprint density at radius 3 is 1.38 bits per heavy atom. The number of hydrogen-bond donors (Lipinski definition) is 2. The van der Waals surface area contributed by atoms with Crippen LogP contribution >= 0.6 is 0 Å². The van der Waals surface area contributed by atoms with Crippen molar-refractivity contribution in [3.8, 4) is 11.1 Å². The SMILES string of the molecule is C=C(C(=O)O)S(=O)(=O)O.c1ccc(-c2ccccc2)cc1. The monoisotopic (exact) mass is 306 g/mol. The second-order valence-electron chi connectivity index (χ2n) is 3.94. The van der Waals surface area contributed by atoms with Gasteiger partial charge < -0.3 is 5.11 Å². The number of benzene rings is 2. The summed E-state index contributed by atoms with van der Waals surface area (Å²) in [4.78, 5) is 8.49. The molecule has 0 saturated carbocycles. The third kappa shape index (κ3) is 5.60. The summed E-state index contributed by atoms with van der Waals surface area (Å²) in [5.74, 6) is -1.75. The van der Waals surface area contributed by atoms with Crippen LogP contribution in [0.25, 0.3) is 11.1 Å². The van der Waals surface area contributed by atoms with Crippen molar-refractivity contribution in [1.29, 1.82) is 0 Å². The average Bonchev–Trinajstić information content (AvgIpc) is 2.48. The number of rotatable bonds is 3. The zero-order valence-corrected chi connectivity index (χ0v) is 11.8. The van der Waals surface area contributed by atoms with Crippen LogP contribution in [-0.2, 0) is 14.9 Å². The predicted octanol–water partition coefficient (Wildman–Crippen LogP) is 2.83. The summed E-state index contributed by atoms with van der Waals surface area (Å²) in [6, 6.07) is 20.8. The highest BCUT2D eigenvalue weighted by atomic mass is 32.2. The quantitative estimate of drug-likeness (QED) is 0.672. The molecular weight excluding hydrogens is 292 g/mol. The fourth-order valence-corrected chi connectivity index (χ4v) is 1.59. The van der Waals surface area contributed by atoms with Gasteiger partial charge in [0.2, 0.25) is 0 Å². The van der Waals surface area contributed by atoms with Crippen LogP contribution in [0, 0.1) is 0 Å². The van der Waals surface area contributed by atoms with Gasteiger partial charge in [0.15, 0.2) is 4.91 Å². The van der Waals surface area contributed by atoms with Gasteiger partial charge in [-0.2, -0.15) is 8.42 Å². The van der Waals surface area contributed by atoms with E-state index in [0.717, 1.165) is 0 Å². The topological polar surface area (TPSA) is 91.7 Å². The van der Waals surface area contributed by atoms with Crippen molar-refractivity contribution in [3.05, 3.63) is 72.1 Å². The van der Waals surface area contributed by atoms with Crippen molar-refractivity contribution >= 4 is 16.1 Å². The molecule has 2 rings (SSSR count). The molecule has 0 heterocycles. The molecular formula is C15H14O5S. The van der Waals surface area contributed by atoms with E-state index >= 15 is 0 Å². The maximum absolute atomic E-state index is 9.85. The summed E-state index contributed by atoms with van der Waals surface area (Å²) in [6.07, 6.45) is 0. The largest absolute Gasteiger partial charge is 0.477 e. The Bertz CT molecular complexity index is 669. The molecule has 0 aliphatic rings. The third-order valence-electron chi connectivity index (χ3n) is 2.43. The number of aliphatic carboxylic acids is 1. The van der Waals surface area contributed by atoms with Crippen LogP contribution in [0.4, 0.5) is 0 Å². The second-order valence-corrected chi connectivity index (χ2v) is 5.38. The lowest BCUT2D eigenvalue weighted by molar-refractivity contribution is -0.131. The number of carboxylic acids is 1. The molecule has 2 aromatic rings. The highest BCUT2D eigenvalue weighted by molar-refractivity contribution is 7.90. The van der Waals surface area contributed by atoms with E-state index in [1.807, 2.05) is 12.1 Å². The van der Waals surface area contributed by atoms with Crippen LogP contribution in [0.2, 0.25) is 0 Å². The molecule has 0 aliphatic carbocycles. The molecule has 0 unspecified atom stereocenters. The molecule has 0 saturated heterocycles. The maximum atomic E-state index is 9.85. The average molecular weight is 306 g/mol. The lowest BCUT2D eigenvalue weighted by Crippen LogP contribution is -2.09. The normalized spacial score (nSPS) is 10.1. The summed E-state index contributed by atoms with van der Waals surface area (Å²) in [7, 11) is -4.60. The van der Waals surface area contributed by atoms with E-state index in [9.17, 15) is 13.2 Å². The maximum Gasteiger partial charge on any atom is 0.349 e. The minimum atomic E-state index is -4.60. The van der Waals surface area contributed by atoms with Crippen LogP contribution < -0.4 is 0 Å². The van der Waals surface area contributed by atoms with Crippen molar-refractivity contribution in [1.82, 2.24) is 0 Å². The van der Waals surface area contributed by atoms with Crippen LogP contribution in [0.1, 0.15) is 0 Å². The van der Waals surface area contributed by atoms with Gasteiger partial charge in [0, 0.05) is 0 Å². The van der Waals surface area contributed by atoms with Crippen LogP contribution in [0.15, 0.2) is 72.1 Å². The summed E-state index contributed by atoms with van der Waals surface area (Å²) < 4.78 is 27.6. The van der Waals surface area contributed by atoms with Crippen LogP contribution in [-0.4, -0.2) is 24.0 Å². The zero-order valence-electron chi connectivity index (χ0n) is 11.0. The van der Waals surface area contributed by atoms with Gasteiger partial charge in [-0.3, -0.25) is 4.55 Å². The van der Waals surface area contributed by atoms with E-state index in [2.05, 4.69) is 55.1 Å². The van der Waals surface area contributed by atoms with Crippen LogP contribution in [0.3, 0.4) is 0 Å². The Balaban J connectivity index is 0.000000222. The van der Waals surface area contributed by atoms with Crippen molar-refractivity contribution in [2.24, 2.45) is 0 Å². The molecule has 0 atom stereocenters. The van der Waals surface area contributed by atoms with Crippen molar-refractivity contribution in [3.63, 3.8) is 0 Å². The van der Waals surface area contributed by atoms with Gasteiger partial charge in [0.1, 0.15) is 0 Å². The highest BCUT2D eigenvalue weighted by Gasteiger charge is 2.17. The fourth-order valence-electron chi connectivity index (χ4n) is 1.37. The molecule has 0 aliphatic heterocycles. The molecule has 2 aromatic carbocycles. The van der Waals surface area contributed by atoms with E-state index in [4.69, 9.17) is 9.66 Å². The fraction of sp³-hybridized carbons (Fsp3) is 0. The number of hydrogen-bond acceptors (Lipinski definition) is 3. The number of carbonyl (C=O) groups is 1. The first-order valence-corrected chi connectivity index (χ1v) is 7.26. The van der Waals surface area contributed by atoms with Gasteiger partial charge in [0.05, 0.1) is 0 Å². The van der Waals surface area contributed by atoms with E-state index < -0.39 is 21.0 Å². The molecule has 21 heavy (non-hydrogen) atoms. The van der Waals surface area contributed by atoms with Crippen molar-refractivity contribution < 1.29 is 22.9 Å². The van der Waals surface area contributed by atoms with Crippen molar-refractivity contribution in [2.45, 2.75) is 0 Å². The molecule has 0 fully saturated rings. The van der Waals surface area contributed by atoms with Gasteiger partial charge in [-0.25, -0.2) is 4.79 Å². The summed E-state index contributed by atoms with van der Waals surface area (Å²) in [5.41, 5.74) is 2.55. The molecule has 6 heteroatoms. The van der Waals surface area contributed by atoms with E-state index in [0.29, 0.717) is 0 Å². The molecule has 0 aromatic heterocycles. The first-order valence-electron chi connectivity index (χ1n) is 5.82. The first-order chi connectivity index (χ1) is 9.82. The van der Waals surface area contributed by atoms with Gasteiger partial charge in [-0.05, 0) is 11.1 Å². The van der Waals surface area contributed by atoms with E-state index in [-0.39, 0.29) is 0 Å². The first kappa shape index (κ1) is 16.6. The Morgan fingerprint density at radius 1 is 0.857 bits per heavy atom. The highest BCUT2D eigenvalue weighted by Crippen LogP contribution is 2.17. The van der Waals surface area contributed by atoms with Crippen molar-refractivity contribution in [2.75, 3.05) is 0 Å². The van der Waals surface area contributed by atoms with Crippen LogP contribution in [0.5, 0.6) is 0 Å². The zero-order chi connectivity index (χ0) is 15.9. The smallest absolute Gasteiger partial charge is 0.349 e. The Labute approximate surface area is 122 Å². The molecule has 5 nitrogen and oxygen atoms in total. The Morgan fingerprint density at radius 2 is 1.19 bits per heavy atom. The number of carboxylic acid groups (broad SMARTS) is 1. The molecule has 0 radical (unpaired) electrons. The minimum Gasteiger partial charge on any atom is -0.477 e. The Kier molecular flexibility index (Phi) is 5.83.